The number of urea groups is 1. The first kappa shape index (κ1) is 15.0. The van der Waals surface area contributed by atoms with Crippen LogP contribution >= 0.6 is 11.8 Å². The van der Waals surface area contributed by atoms with Gasteiger partial charge in [-0.2, -0.15) is 11.8 Å². The van der Waals surface area contributed by atoms with Gasteiger partial charge in [-0.1, -0.05) is 5.92 Å². The quantitative estimate of drug-likeness (QED) is 0.778. The summed E-state index contributed by atoms with van der Waals surface area (Å²) in [6.45, 7) is 1.61. The Bertz CT molecular complexity index is 417. The van der Waals surface area contributed by atoms with Crippen molar-refractivity contribution in [2.24, 2.45) is 5.92 Å². The Morgan fingerprint density at radius 3 is 2.80 bits per heavy atom. The minimum Gasteiger partial charge on any atom is -0.481 e. The molecule has 5 nitrogen and oxygen atoms in total. The first-order chi connectivity index (χ1) is 9.61. The largest absolute Gasteiger partial charge is 0.481 e. The summed E-state index contributed by atoms with van der Waals surface area (Å²) in [5.74, 6) is 3.79. The van der Waals surface area contributed by atoms with Gasteiger partial charge in [0.15, 0.2) is 0 Å². The smallest absolute Gasteiger partial charge is 0.321 e. The summed E-state index contributed by atoms with van der Waals surface area (Å²) in [6.07, 6.45) is 7.66. The van der Waals surface area contributed by atoms with Gasteiger partial charge in [0.2, 0.25) is 0 Å². The number of carbonyl (C=O) groups is 2. The third kappa shape index (κ3) is 4.07. The van der Waals surface area contributed by atoms with Crippen LogP contribution in [-0.4, -0.2) is 64.1 Å². The summed E-state index contributed by atoms with van der Waals surface area (Å²) in [6, 6.07) is -0.320. The van der Waals surface area contributed by atoms with Gasteiger partial charge < -0.3 is 14.9 Å². The van der Waals surface area contributed by atoms with Gasteiger partial charge in [-0.15, -0.1) is 6.42 Å². The first-order valence-electron chi connectivity index (χ1n) is 6.90. The highest BCUT2D eigenvalue weighted by Crippen LogP contribution is 2.30. The lowest BCUT2D eigenvalue weighted by atomic mass is 10.2. The molecule has 0 aromatic rings. The number of carboxylic acid groups (broad SMARTS) is 1. The third-order valence-corrected chi connectivity index (χ3v) is 4.70. The highest BCUT2D eigenvalue weighted by atomic mass is 32.2. The van der Waals surface area contributed by atoms with Gasteiger partial charge in [0, 0.05) is 24.6 Å². The lowest BCUT2D eigenvalue weighted by molar-refractivity contribution is -0.138. The van der Waals surface area contributed by atoms with Gasteiger partial charge in [-0.05, 0) is 18.8 Å². The molecule has 1 saturated heterocycles. The van der Waals surface area contributed by atoms with E-state index in [4.69, 9.17) is 11.5 Å². The Morgan fingerprint density at radius 1 is 1.45 bits per heavy atom. The summed E-state index contributed by atoms with van der Waals surface area (Å²) >= 11 is 1.70. The molecule has 6 heteroatoms. The van der Waals surface area contributed by atoms with Crippen LogP contribution in [0.2, 0.25) is 0 Å². The van der Waals surface area contributed by atoms with Crippen molar-refractivity contribution in [2.45, 2.75) is 25.3 Å². The Kier molecular flexibility index (Phi) is 5.18. The van der Waals surface area contributed by atoms with E-state index < -0.39 is 5.97 Å². The van der Waals surface area contributed by atoms with Gasteiger partial charge >= 0.3 is 12.0 Å². The molecular weight excluding hydrogens is 276 g/mol. The molecule has 0 aromatic carbocycles. The topological polar surface area (TPSA) is 60.9 Å². The van der Waals surface area contributed by atoms with E-state index in [1.54, 1.807) is 21.6 Å². The number of hydrogen-bond donors (Lipinski definition) is 1. The van der Waals surface area contributed by atoms with E-state index >= 15 is 0 Å². The van der Waals surface area contributed by atoms with Crippen molar-refractivity contribution in [3.63, 3.8) is 0 Å². The van der Waals surface area contributed by atoms with Crippen LogP contribution in [-0.2, 0) is 4.79 Å². The normalized spacial score (nSPS) is 22.1. The maximum Gasteiger partial charge on any atom is 0.321 e. The second kappa shape index (κ2) is 6.89. The molecule has 1 heterocycles. The molecule has 110 valence electrons. The molecule has 1 saturated carbocycles. The van der Waals surface area contributed by atoms with Crippen molar-refractivity contribution in [1.29, 1.82) is 0 Å². The van der Waals surface area contributed by atoms with E-state index in [0.717, 1.165) is 18.6 Å². The van der Waals surface area contributed by atoms with Crippen LogP contribution in [0.15, 0.2) is 0 Å². The number of rotatable bonds is 5. The van der Waals surface area contributed by atoms with E-state index in [9.17, 15) is 9.59 Å². The number of thioether (sulfide) groups is 1. The van der Waals surface area contributed by atoms with Crippen molar-refractivity contribution >= 4 is 23.8 Å². The van der Waals surface area contributed by atoms with Crippen LogP contribution < -0.4 is 0 Å². The molecule has 2 rings (SSSR count). The van der Waals surface area contributed by atoms with Gasteiger partial charge in [-0.25, -0.2) is 4.79 Å². The molecule has 1 unspecified atom stereocenters. The Balaban J connectivity index is 2.01. The summed E-state index contributed by atoms with van der Waals surface area (Å²) < 4.78 is 0. The zero-order valence-corrected chi connectivity index (χ0v) is 12.3. The number of aliphatic carboxylic acids is 1. The van der Waals surface area contributed by atoms with E-state index in [-0.39, 0.29) is 18.5 Å². The zero-order valence-electron chi connectivity index (χ0n) is 11.5. The maximum absolute atomic E-state index is 12.6. The summed E-state index contributed by atoms with van der Waals surface area (Å²) in [5, 5.41) is 8.97. The predicted octanol–water partition coefficient (Wildman–Crippen LogP) is 1.34. The van der Waals surface area contributed by atoms with Crippen molar-refractivity contribution in [2.75, 3.05) is 31.1 Å². The van der Waals surface area contributed by atoms with E-state index in [0.29, 0.717) is 31.3 Å². The molecule has 0 bridgehead atoms. The van der Waals surface area contributed by atoms with Crippen LogP contribution in [0.4, 0.5) is 4.79 Å². The number of hydrogen-bond acceptors (Lipinski definition) is 3. The fourth-order valence-electron chi connectivity index (χ4n) is 2.39. The third-order valence-electron chi connectivity index (χ3n) is 3.61. The Hall–Kier alpha value is -1.35. The summed E-state index contributed by atoms with van der Waals surface area (Å²) in [4.78, 5) is 26.9. The number of carboxylic acids is 1. The van der Waals surface area contributed by atoms with Crippen LogP contribution in [0.3, 0.4) is 0 Å². The molecule has 0 spiro atoms. The van der Waals surface area contributed by atoms with Gasteiger partial charge in [0.25, 0.3) is 0 Å². The fourth-order valence-corrected chi connectivity index (χ4v) is 3.45. The second-order valence-electron chi connectivity index (χ2n) is 5.33. The molecule has 1 aliphatic carbocycles. The fraction of sp³-hybridized carbons (Fsp3) is 0.714. The average molecular weight is 296 g/mol. The Morgan fingerprint density at radius 2 is 2.20 bits per heavy atom. The molecule has 1 aliphatic heterocycles. The molecule has 2 amide bonds. The molecule has 0 aromatic heterocycles. The first-order valence-corrected chi connectivity index (χ1v) is 8.06. The van der Waals surface area contributed by atoms with Crippen molar-refractivity contribution in [1.82, 2.24) is 9.80 Å². The molecule has 2 aliphatic rings. The molecule has 0 radical (unpaired) electrons. The van der Waals surface area contributed by atoms with Crippen LogP contribution in [0, 0.1) is 18.3 Å². The van der Waals surface area contributed by atoms with E-state index in [1.807, 2.05) is 0 Å². The lowest BCUT2D eigenvalue weighted by Crippen LogP contribution is -2.53. The van der Waals surface area contributed by atoms with Crippen molar-refractivity contribution in [3.8, 4) is 12.3 Å². The van der Waals surface area contributed by atoms with E-state index in [1.165, 1.54) is 0 Å². The second-order valence-corrected chi connectivity index (χ2v) is 6.48. The average Bonchev–Trinajstić information content (AvgIpc) is 3.21. The number of terminal acetylenes is 1. The molecule has 1 atom stereocenters. The van der Waals surface area contributed by atoms with Gasteiger partial charge in [-0.3, -0.25) is 4.79 Å². The van der Waals surface area contributed by atoms with Crippen LogP contribution in [0.1, 0.15) is 19.3 Å². The standard InChI is InChI=1S/C14H20N2O3S/c1-2-5-15(9-11-3-4-11)14(19)16-6-7-20-10-12(16)8-13(17)18/h1,11-12H,3-10H2,(H,17,18). The monoisotopic (exact) mass is 296 g/mol. The molecule has 2 fully saturated rings. The summed E-state index contributed by atoms with van der Waals surface area (Å²) in [5.41, 5.74) is 0. The highest BCUT2D eigenvalue weighted by molar-refractivity contribution is 7.99. The SMILES string of the molecule is C#CCN(CC1CC1)C(=O)N1CCSCC1CC(=O)O. The highest BCUT2D eigenvalue weighted by Gasteiger charge is 2.33. The molecular formula is C14H20N2O3S. The number of nitrogens with zero attached hydrogens (tertiary/aromatic N) is 2. The maximum atomic E-state index is 12.6. The summed E-state index contributed by atoms with van der Waals surface area (Å²) in [7, 11) is 0. The van der Waals surface area contributed by atoms with Crippen molar-refractivity contribution in [3.05, 3.63) is 0 Å². The van der Waals surface area contributed by atoms with Crippen LogP contribution in [0.25, 0.3) is 0 Å². The van der Waals surface area contributed by atoms with Crippen LogP contribution in [0.5, 0.6) is 0 Å². The number of amides is 2. The lowest BCUT2D eigenvalue weighted by Gasteiger charge is -2.37. The minimum atomic E-state index is -0.860. The van der Waals surface area contributed by atoms with E-state index in [2.05, 4.69) is 5.92 Å². The van der Waals surface area contributed by atoms with Gasteiger partial charge in [0.1, 0.15) is 0 Å². The van der Waals surface area contributed by atoms with Crippen molar-refractivity contribution < 1.29 is 14.7 Å². The molecule has 20 heavy (non-hydrogen) atoms. The minimum absolute atomic E-state index is 0.00601. The molecule has 1 N–H and O–H groups in total. The zero-order chi connectivity index (χ0) is 14.5. The Labute approximate surface area is 123 Å². The van der Waals surface area contributed by atoms with Gasteiger partial charge in [0.05, 0.1) is 19.0 Å². The number of carbonyl (C=O) groups excluding carboxylic acids is 1. The predicted molar refractivity (Wildman–Crippen MR) is 78.6 cm³/mol.